The topological polar surface area (TPSA) is 18.5 Å². The summed E-state index contributed by atoms with van der Waals surface area (Å²) in [7, 11) is 3.31. The van der Waals surface area contributed by atoms with Gasteiger partial charge in [-0.1, -0.05) is 54.1 Å². The second kappa shape index (κ2) is 5.80. The van der Waals surface area contributed by atoms with E-state index in [-0.39, 0.29) is 6.29 Å². The Morgan fingerprint density at radius 3 is 2.06 bits per heavy atom. The van der Waals surface area contributed by atoms with Gasteiger partial charge in [0.05, 0.1) is 0 Å². The van der Waals surface area contributed by atoms with E-state index in [0.717, 1.165) is 11.1 Å². The number of benzene rings is 2. The van der Waals surface area contributed by atoms with E-state index in [2.05, 4.69) is 37.3 Å². The first-order chi connectivity index (χ1) is 8.76. The average Bonchev–Trinajstić information content (AvgIpc) is 2.42. The number of aryl methyl sites for hydroxylation is 1. The monoisotopic (exact) mass is 242 g/mol. The highest BCUT2D eigenvalue weighted by Gasteiger charge is 2.14. The third kappa shape index (κ3) is 2.61. The van der Waals surface area contributed by atoms with Crippen LogP contribution in [0.3, 0.4) is 0 Å². The molecule has 0 unspecified atom stereocenters. The van der Waals surface area contributed by atoms with Crippen molar-refractivity contribution in [3.63, 3.8) is 0 Å². The quantitative estimate of drug-likeness (QED) is 0.756. The molecule has 2 aromatic rings. The largest absolute Gasteiger partial charge is 0.352 e. The summed E-state index contributed by atoms with van der Waals surface area (Å²) >= 11 is 0. The summed E-state index contributed by atoms with van der Waals surface area (Å²) in [6.45, 7) is 2.09. The Morgan fingerprint density at radius 1 is 0.833 bits per heavy atom. The van der Waals surface area contributed by atoms with Crippen molar-refractivity contribution in [3.05, 3.63) is 59.7 Å². The first-order valence-corrected chi connectivity index (χ1v) is 5.98. The summed E-state index contributed by atoms with van der Waals surface area (Å²) in [5, 5.41) is 0. The molecule has 0 heterocycles. The number of ether oxygens (including phenoxy) is 2. The zero-order valence-corrected chi connectivity index (χ0v) is 11.0. The summed E-state index contributed by atoms with van der Waals surface area (Å²) in [5.74, 6) is 0. The van der Waals surface area contributed by atoms with Crippen molar-refractivity contribution in [3.8, 4) is 11.1 Å². The van der Waals surface area contributed by atoms with Gasteiger partial charge in [0.2, 0.25) is 0 Å². The Hall–Kier alpha value is -1.64. The minimum Gasteiger partial charge on any atom is -0.352 e. The van der Waals surface area contributed by atoms with Gasteiger partial charge in [-0.2, -0.15) is 0 Å². The zero-order valence-electron chi connectivity index (χ0n) is 11.0. The van der Waals surface area contributed by atoms with E-state index in [9.17, 15) is 0 Å². The van der Waals surface area contributed by atoms with Crippen molar-refractivity contribution in [2.75, 3.05) is 14.2 Å². The summed E-state index contributed by atoms with van der Waals surface area (Å²) in [6.07, 6.45) is -0.331. The maximum absolute atomic E-state index is 5.35. The molecule has 0 amide bonds. The second-order valence-electron chi connectivity index (χ2n) is 4.26. The highest BCUT2D eigenvalue weighted by atomic mass is 16.7. The van der Waals surface area contributed by atoms with Gasteiger partial charge in [0, 0.05) is 19.8 Å². The second-order valence-corrected chi connectivity index (χ2v) is 4.26. The van der Waals surface area contributed by atoms with Gasteiger partial charge in [0.15, 0.2) is 6.29 Å². The fourth-order valence-corrected chi connectivity index (χ4v) is 2.05. The number of rotatable bonds is 4. The molecule has 0 aliphatic heterocycles. The molecule has 0 spiro atoms. The molecule has 2 nitrogen and oxygen atoms in total. The molecule has 2 heteroatoms. The van der Waals surface area contributed by atoms with Crippen LogP contribution in [0.4, 0.5) is 0 Å². The van der Waals surface area contributed by atoms with Crippen LogP contribution < -0.4 is 0 Å². The van der Waals surface area contributed by atoms with Crippen LogP contribution in [-0.4, -0.2) is 14.2 Å². The minimum atomic E-state index is -0.331. The molecule has 2 rings (SSSR count). The summed E-state index contributed by atoms with van der Waals surface area (Å²) in [4.78, 5) is 0. The van der Waals surface area contributed by atoms with Crippen LogP contribution in [0, 0.1) is 6.92 Å². The Balaban J connectivity index is 2.47. The molecule has 0 aliphatic carbocycles. The predicted octanol–water partition coefficient (Wildman–Crippen LogP) is 3.95. The van der Waals surface area contributed by atoms with Crippen molar-refractivity contribution >= 4 is 0 Å². The maximum Gasteiger partial charge on any atom is 0.183 e. The lowest BCUT2D eigenvalue weighted by Crippen LogP contribution is -2.05. The van der Waals surface area contributed by atoms with E-state index < -0.39 is 0 Å². The van der Waals surface area contributed by atoms with Crippen LogP contribution in [0.15, 0.2) is 48.5 Å². The standard InChI is InChI=1S/C16H18O2/c1-12-8-10-13(11-9-12)14-6-4-5-7-15(14)16(17-2)18-3/h4-11,16H,1-3H3. The van der Waals surface area contributed by atoms with Crippen molar-refractivity contribution in [1.82, 2.24) is 0 Å². The molecule has 0 atom stereocenters. The Bertz CT molecular complexity index is 499. The van der Waals surface area contributed by atoms with Crippen molar-refractivity contribution in [1.29, 1.82) is 0 Å². The number of hydrogen-bond donors (Lipinski definition) is 0. The molecular formula is C16H18O2. The lowest BCUT2D eigenvalue weighted by molar-refractivity contribution is -0.105. The molecule has 2 aromatic carbocycles. The van der Waals surface area contributed by atoms with Gasteiger partial charge in [-0.15, -0.1) is 0 Å². The zero-order chi connectivity index (χ0) is 13.0. The SMILES string of the molecule is COC(OC)c1ccccc1-c1ccc(C)cc1. The molecule has 0 radical (unpaired) electrons. The lowest BCUT2D eigenvalue weighted by Gasteiger charge is -2.17. The lowest BCUT2D eigenvalue weighted by atomic mass is 9.98. The van der Waals surface area contributed by atoms with E-state index in [1.807, 2.05) is 18.2 Å². The fourth-order valence-electron chi connectivity index (χ4n) is 2.05. The normalized spacial score (nSPS) is 10.9. The third-order valence-corrected chi connectivity index (χ3v) is 3.01. The van der Waals surface area contributed by atoms with Gasteiger partial charge in [-0.25, -0.2) is 0 Å². The van der Waals surface area contributed by atoms with E-state index in [0.29, 0.717) is 0 Å². The molecule has 0 aromatic heterocycles. The maximum atomic E-state index is 5.35. The average molecular weight is 242 g/mol. The van der Waals surface area contributed by atoms with Crippen molar-refractivity contribution < 1.29 is 9.47 Å². The highest BCUT2D eigenvalue weighted by molar-refractivity contribution is 5.67. The minimum absolute atomic E-state index is 0.331. The summed E-state index contributed by atoms with van der Waals surface area (Å²) < 4.78 is 10.7. The smallest absolute Gasteiger partial charge is 0.183 e. The van der Waals surface area contributed by atoms with Crippen LogP contribution in [0.2, 0.25) is 0 Å². The number of methoxy groups -OCH3 is 2. The van der Waals surface area contributed by atoms with Gasteiger partial charge in [0.25, 0.3) is 0 Å². The van der Waals surface area contributed by atoms with Gasteiger partial charge < -0.3 is 9.47 Å². The molecule has 18 heavy (non-hydrogen) atoms. The highest BCUT2D eigenvalue weighted by Crippen LogP contribution is 2.30. The van der Waals surface area contributed by atoms with E-state index >= 15 is 0 Å². The first-order valence-electron chi connectivity index (χ1n) is 5.98. The summed E-state index contributed by atoms with van der Waals surface area (Å²) in [5.41, 5.74) is 4.62. The predicted molar refractivity (Wildman–Crippen MR) is 73.4 cm³/mol. The molecule has 0 N–H and O–H groups in total. The molecule has 0 saturated carbocycles. The van der Waals surface area contributed by atoms with Crippen molar-refractivity contribution in [2.45, 2.75) is 13.2 Å². The van der Waals surface area contributed by atoms with Gasteiger partial charge in [-0.3, -0.25) is 0 Å². The molecular weight excluding hydrogens is 224 g/mol. The summed E-state index contributed by atoms with van der Waals surface area (Å²) in [6, 6.07) is 16.6. The molecule has 0 saturated heterocycles. The Labute approximate surface area is 108 Å². The van der Waals surface area contributed by atoms with Gasteiger partial charge >= 0.3 is 0 Å². The van der Waals surface area contributed by atoms with Crippen molar-refractivity contribution in [2.24, 2.45) is 0 Å². The number of hydrogen-bond acceptors (Lipinski definition) is 2. The van der Waals surface area contributed by atoms with Gasteiger partial charge in [0.1, 0.15) is 0 Å². The Morgan fingerprint density at radius 2 is 1.44 bits per heavy atom. The molecule has 0 bridgehead atoms. The molecule has 0 fully saturated rings. The van der Waals surface area contributed by atoms with Crippen LogP contribution in [0.5, 0.6) is 0 Å². The van der Waals surface area contributed by atoms with Crippen LogP contribution in [0.25, 0.3) is 11.1 Å². The Kier molecular flexibility index (Phi) is 4.13. The molecule has 0 aliphatic rings. The van der Waals surface area contributed by atoms with E-state index in [4.69, 9.17) is 9.47 Å². The van der Waals surface area contributed by atoms with Gasteiger partial charge in [-0.05, 0) is 18.1 Å². The first kappa shape index (κ1) is 12.8. The van der Waals surface area contributed by atoms with Crippen LogP contribution >= 0.6 is 0 Å². The third-order valence-electron chi connectivity index (χ3n) is 3.01. The van der Waals surface area contributed by atoms with E-state index in [1.54, 1.807) is 14.2 Å². The van der Waals surface area contributed by atoms with Crippen LogP contribution in [-0.2, 0) is 9.47 Å². The molecule has 94 valence electrons. The fraction of sp³-hybridized carbons (Fsp3) is 0.250. The van der Waals surface area contributed by atoms with E-state index in [1.165, 1.54) is 11.1 Å². The van der Waals surface area contributed by atoms with Crippen LogP contribution in [0.1, 0.15) is 17.4 Å².